The summed E-state index contributed by atoms with van der Waals surface area (Å²) in [6.07, 6.45) is 0.849. The van der Waals surface area contributed by atoms with Gasteiger partial charge in [-0.05, 0) is 36.8 Å². The highest BCUT2D eigenvalue weighted by molar-refractivity contribution is 6.25. The maximum atomic E-state index is 14.2. The number of rotatable bonds is 7. The van der Waals surface area contributed by atoms with Crippen molar-refractivity contribution < 1.29 is 22.8 Å². The van der Waals surface area contributed by atoms with E-state index in [1.807, 2.05) is 13.8 Å². The van der Waals surface area contributed by atoms with Crippen molar-refractivity contribution in [1.29, 1.82) is 0 Å². The largest absolute Gasteiger partial charge is 0.456 e. The topological polar surface area (TPSA) is 55.6 Å². The first-order chi connectivity index (χ1) is 14.1. The summed E-state index contributed by atoms with van der Waals surface area (Å²) < 4.78 is 47.8. The molecule has 30 heavy (non-hydrogen) atoms. The Kier molecular flexibility index (Phi) is 7.95. The Morgan fingerprint density at radius 3 is 2.67 bits per heavy atom. The summed E-state index contributed by atoms with van der Waals surface area (Å²) in [7, 11) is 0. The molecular formula is C21H24ClF3N2O3. The zero-order valence-corrected chi connectivity index (χ0v) is 17.5. The number of nitrogens with zero attached hydrogens (tertiary/aromatic N) is 2. The number of hydrogen-bond donors (Lipinski definition) is 0. The van der Waals surface area contributed by atoms with Crippen LogP contribution < -0.4 is 9.64 Å². The molecule has 0 bridgehead atoms. The number of alkyl halides is 3. The smallest absolute Gasteiger partial charge is 0.422 e. The minimum absolute atomic E-state index is 0.0550. The van der Waals surface area contributed by atoms with Crippen LogP contribution in [0.4, 0.5) is 24.5 Å². The van der Waals surface area contributed by atoms with Gasteiger partial charge in [-0.25, -0.2) is 0 Å². The number of benzene rings is 1. The molecule has 164 valence electrons. The van der Waals surface area contributed by atoms with Crippen LogP contribution in [0.1, 0.15) is 32.3 Å². The van der Waals surface area contributed by atoms with Gasteiger partial charge < -0.3 is 9.64 Å². The maximum Gasteiger partial charge on any atom is 0.422 e. The minimum Gasteiger partial charge on any atom is -0.456 e. The third-order valence-electron chi connectivity index (χ3n) is 5.05. The molecule has 0 saturated carbocycles. The van der Waals surface area contributed by atoms with Gasteiger partial charge in [0.1, 0.15) is 22.8 Å². The third kappa shape index (κ3) is 5.56. The molecule has 0 radical (unpaired) electrons. The van der Waals surface area contributed by atoms with Crippen LogP contribution in [0.25, 0.3) is 0 Å². The van der Waals surface area contributed by atoms with Crippen LogP contribution in [-0.2, 0) is 6.18 Å². The van der Waals surface area contributed by atoms with E-state index in [0.29, 0.717) is 19.5 Å². The van der Waals surface area contributed by atoms with Crippen molar-refractivity contribution in [3.63, 3.8) is 0 Å². The minimum atomic E-state index is -4.87. The van der Waals surface area contributed by atoms with Crippen molar-refractivity contribution in [3.8, 4) is 5.75 Å². The predicted octanol–water partition coefficient (Wildman–Crippen LogP) is 6.69. The van der Waals surface area contributed by atoms with E-state index in [-0.39, 0.29) is 17.6 Å². The molecular weight excluding hydrogens is 421 g/mol. The summed E-state index contributed by atoms with van der Waals surface area (Å²) in [5, 5.41) is 11.6. The molecule has 1 aromatic carbocycles. The van der Waals surface area contributed by atoms with Crippen LogP contribution in [0.15, 0.2) is 48.2 Å². The lowest BCUT2D eigenvalue weighted by Gasteiger charge is -2.37. The van der Waals surface area contributed by atoms with Gasteiger partial charge in [-0.1, -0.05) is 44.2 Å². The van der Waals surface area contributed by atoms with Gasteiger partial charge in [-0.2, -0.15) is 13.2 Å². The summed E-state index contributed by atoms with van der Waals surface area (Å²) in [6, 6.07) is 2.00. The van der Waals surface area contributed by atoms with E-state index < -0.39 is 33.8 Å². The van der Waals surface area contributed by atoms with Crippen molar-refractivity contribution in [1.82, 2.24) is 0 Å². The molecule has 1 saturated heterocycles. The standard InChI is InChI=1S/C21H24ClF3N2O3/c1-4-5-8-16(12-22)30-18-10-9-17(27(28)29)20(19(18)21(23,24)25)26-11-6-7-15(13-26)14(2)3/h4-5,8-10,12,14-15H,1,6-7,11,13H2,2-3H3/b8-5-,16-12-. The Morgan fingerprint density at radius 1 is 1.43 bits per heavy atom. The average molecular weight is 445 g/mol. The second kappa shape index (κ2) is 10.0. The summed E-state index contributed by atoms with van der Waals surface area (Å²) >= 11 is 5.67. The zero-order chi connectivity index (χ0) is 22.5. The number of halogens is 4. The Balaban J connectivity index is 2.66. The van der Waals surface area contributed by atoms with E-state index in [0.717, 1.165) is 24.1 Å². The molecule has 0 N–H and O–H groups in total. The van der Waals surface area contributed by atoms with E-state index in [2.05, 4.69) is 6.58 Å². The van der Waals surface area contributed by atoms with Gasteiger partial charge in [-0.3, -0.25) is 10.1 Å². The summed E-state index contributed by atoms with van der Waals surface area (Å²) in [4.78, 5) is 12.3. The Morgan fingerprint density at radius 2 is 2.13 bits per heavy atom. The van der Waals surface area contributed by atoms with E-state index >= 15 is 0 Å². The van der Waals surface area contributed by atoms with E-state index in [9.17, 15) is 23.3 Å². The number of nitro groups is 1. The first-order valence-corrected chi connectivity index (χ1v) is 9.94. The number of allylic oxidation sites excluding steroid dienone is 3. The second-order valence-corrected chi connectivity index (χ2v) is 7.58. The molecule has 0 spiro atoms. The monoisotopic (exact) mass is 444 g/mol. The third-order valence-corrected chi connectivity index (χ3v) is 5.26. The van der Waals surface area contributed by atoms with Gasteiger partial charge in [0.05, 0.1) is 4.92 Å². The molecule has 1 fully saturated rings. The fourth-order valence-corrected chi connectivity index (χ4v) is 3.65. The molecule has 1 heterocycles. The normalized spacial score (nSPS) is 18.2. The van der Waals surface area contributed by atoms with Gasteiger partial charge in [0.25, 0.3) is 5.69 Å². The van der Waals surface area contributed by atoms with Gasteiger partial charge in [0.2, 0.25) is 0 Å². The predicted molar refractivity (Wildman–Crippen MR) is 112 cm³/mol. The van der Waals surface area contributed by atoms with Crippen LogP contribution in [0, 0.1) is 22.0 Å². The molecule has 1 aliphatic heterocycles. The molecule has 5 nitrogen and oxygen atoms in total. The fourth-order valence-electron chi connectivity index (χ4n) is 3.53. The Bertz CT molecular complexity index is 851. The van der Waals surface area contributed by atoms with Gasteiger partial charge in [-0.15, -0.1) is 0 Å². The quantitative estimate of drug-likeness (QED) is 0.203. The van der Waals surface area contributed by atoms with Gasteiger partial charge in [0.15, 0.2) is 0 Å². The average Bonchev–Trinajstić information content (AvgIpc) is 2.69. The molecule has 0 aliphatic carbocycles. The SMILES string of the molecule is C=C/C=C\C(=C\Cl)Oc1ccc([N+](=O)[O-])c(N2CCCC(C(C)C)C2)c1C(F)(F)F. The van der Waals surface area contributed by atoms with Crippen LogP contribution in [0.5, 0.6) is 5.75 Å². The highest BCUT2D eigenvalue weighted by Gasteiger charge is 2.43. The lowest BCUT2D eigenvalue weighted by Crippen LogP contribution is -2.39. The van der Waals surface area contributed by atoms with Crippen LogP contribution in [0.2, 0.25) is 0 Å². The summed E-state index contributed by atoms with van der Waals surface area (Å²) in [6.45, 7) is 8.08. The maximum absolute atomic E-state index is 14.2. The highest BCUT2D eigenvalue weighted by atomic mass is 35.5. The second-order valence-electron chi connectivity index (χ2n) is 7.36. The fraction of sp³-hybridized carbons (Fsp3) is 0.429. The van der Waals surface area contributed by atoms with Crippen molar-refractivity contribution >= 4 is 23.0 Å². The van der Waals surface area contributed by atoms with Crippen LogP contribution >= 0.6 is 11.6 Å². The summed E-state index contributed by atoms with van der Waals surface area (Å²) in [5.74, 6) is -0.218. The van der Waals surface area contributed by atoms with Crippen molar-refractivity contribution in [2.45, 2.75) is 32.9 Å². The van der Waals surface area contributed by atoms with Crippen LogP contribution in [0.3, 0.4) is 0 Å². The Hall–Kier alpha value is -2.48. The van der Waals surface area contributed by atoms with E-state index in [4.69, 9.17) is 16.3 Å². The van der Waals surface area contributed by atoms with Crippen LogP contribution in [-0.4, -0.2) is 18.0 Å². The number of hydrogen-bond acceptors (Lipinski definition) is 4. The van der Waals surface area contributed by atoms with Crippen molar-refractivity contribution in [2.24, 2.45) is 11.8 Å². The lowest BCUT2D eigenvalue weighted by molar-refractivity contribution is -0.384. The molecule has 0 aromatic heterocycles. The van der Waals surface area contributed by atoms with Crippen molar-refractivity contribution in [2.75, 3.05) is 18.0 Å². The lowest BCUT2D eigenvalue weighted by atomic mass is 9.87. The number of ether oxygens (including phenoxy) is 1. The van der Waals surface area contributed by atoms with E-state index in [1.165, 1.54) is 23.1 Å². The van der Waals surface area contributed by atoms with Gasteiger partial charge >= 0.3 is 6.18 Å². The Labute approximate surface area is 178 Å². The van der Waals surface area contributed by atoms with E-state index in [1.54, 1.807) is 0 Å². The molecule has 1 aliphatic rings. The first kappa shape index (κ1) is 23.8. The first-order valence-electron chi connectivity index (χ1n) is 9.51. The molecule has 0 amide bonds. The molecule has 1 unspecified atom stereocenters. The molecule has 2 rings (SSSR count). The highest BCUT2D eigenvalue weighted by Crippen LogP contribution is 2.48. The molecule has 1 aromatic rings. The molecule has 9 heteroatoms. The molecule has 1 atom stereocenters. The number of anilines is 1. The number of nitro benzene ring substituents is 1. The van der Waals surface area contributed by atoms with Gasteiger partial charge in [0, 0.05) is 24.7 Å². The number of piperidine rings is 1. The zero-order valence-electron chi connectivity index (χ0n) is 16.8. The van der Waals surface area contributed by atoms with Crippen molar-refractivity contribution in [3.05, 3.63) is 63.9 Å². The summed E-state index contributed by atoms with van der Waals surface area (Å²) in [5.41, 5.74) is -1.25.